The summed E-state index contributed by atoms with van der Waals surface area (Å²) in [6, 6.07) is 0. The highest BCUT2D eigenvalue weighted by atomic mass is 16.7. The molecule has 27 heavy (non-hydrogen) atoms. The topological polar surface area (TPSA) is 140 Å². The third kappa shape index (κ3) is 5.36. The van der Waals surface area contributed by atoms with E-state index in [4.69, 9.17) is 29.5 Å². The van der Waals surface area contributed by atoms with Gasteiger partial charge >= 0.3 is 18.5 Å². The van der Waals surface area contributed by atoms with Gasteiger partial charge in [0, 0.05) is 16.7 Å². The van der Waals surface area contributed by atoms with Crippen molar-refractivity contribution in [3.05, 3.63) is 54.7 Å². The molecule has 1 rings (SSSR count). The Morgan fingerprint density at radius 1 is 0.630 bits per heavy atom. The minimum atomic E-state index is -1.75. The molecule has 0 heterocycles. The molecule has 9 heteroatoms. The first-order valence-electron chi connectivity index (χ1n) is 7.52. The lowest BCUT2D eigenvalue weighted by Crippen LogP contribution is -2.16. The summed E-state index contributed by atoms with van der Waals surface area (Å²) in [5.41, 5.74) is 0.349. The first-order valence-corrected chi connectivity index (χ1v) is 7.52. The van der Waals surface area contributed by atoms with Crippen molar-refractivity contribution in [1.29, 1.82) is 0 Å². The highest BCUT2D eigenvalue weighted by molar-refractivity contribution is 5.75. The Morgan fingerprint density at radius 2 is 0.926 bits per heavy atom. The van der Waals surface area contributed by atoms with Crippen molar-refractivity contribution in [3.63, 3.8) is 0 Å². The molecule has 0 saturated carbocycles. The largest absolute Gasteiger partial charge is 0.511 e. The summed E-state index contributed by atoms with van der Waals surface area (Å²) >= 11 is 0. The lowest BCUT2D eigenvalue weighted by molar-refractivity contribution is 0.131. The molecule has 9 nitrogen and oxygen atoms in total. The molecule has 0 radical (unpaired) electrons. The molecule has 0 aromatic heterocycles. The molecule has 0 aliphatic heterocycles. The van der Waals surface area contributed by atoms with E-state index >= 15 is 0 Å². The molecule has 0 saturated heterocycles. The van der Waals surface area contributed by atoms with Gasteiger partial charge < -0.3 is 29.5 Å². The number of benzene rings is 1. The van der Waals surface area contributed by atoms with Crippen LogP contribution < -0.4 is 14.2 Å². The molecule has 3 N–H and O–H groups in total. The van der Waals surface area contributed by atoms with Gasteiger partial charge in [0.05, 0.1) is 0 Å². The van der Waals surface area contributed by atoms with Gasteiger partial charge in [-0.15, -0.1) is 19.7 Å². The van der Waals surface area contributed by atoms with Crippen LogP contribution in [-0.2, 0) is 19.3 Å². The maximum atomic E-state index is 11.2. The zero-order valence-electron chi connectivity index (χ0n) is 14.3. The monoisotopic (exact) mass is 378 g/mol. The standard InChI is InChI=1S/C18H18O9/c1-4-7-10-11(8-5-2)14(26-17(21)22)15(27-18(23)24)12(9-6-3)13(10)25-16(19)20/h4-6H,1-3,7-9H2,(H,19,20)(H,21,22)(H,23,24). The molecule has 0 fully saturated rings. The Hall–Kier alpha value is -3.75. The summed E-state index contributed by atoms with van der Waals surface area (Å²) in [5, 5.41) is 27.2. The minimum Gasteiger partial charge on any atom is -0.449 e. The number of hydrogen-bond donors (Lipinski definition) is 3. The molecule has 144 valence electrons. The summed E-state index contributed by atoms with van der Waals surface area (Å²) in [7, 11) is 0. The molecule has 0 spiro atoms. The van der Waals surface area contributed by atoms with E-state index in [2.05, 4.69) is 19.7 Å². The molecule has 0 atom stereocenters. The minimum absolute atomic E-state index is 0.0200. The molecule has 1 aromatic rings. The second-order valence-corrected chi connectivity index (χ2v) is 5.01. The van der Waals surface area contributed by atoms with E-state index in [-0.39, 0.29) is 41.7 Å². The first kappa shape index (κ1) is 21.3. The van der Waals surface area contributed by atoms with Gasteiger partial charge in [-0.05, 0) is 19.3 Å². The van der Waals surface area contributed by atoms with Crippen molar-refractivity contribution in [1.82, 2.24) is 0 Å². The van der Waals surface area contributed by atoms with E-state index in [9.17, 15) is 14.4 Å². The summed E-state index contributed by atoms with van der Waals surface area (Å²) in [5.74, 6) is -1.09. The molecule has 0 unspecified atom stereocenters. The highest BCUT2D eigenvalue weighted by Crippen LogP contribution is 2.46. The van der Waals surface area contributed by atoms with Gasteiger partial charge in [-0.3, -0.25) is 0 Å². The summed E-state index contributed by atoms with van der Waals surface area (Å²) < 4.78 is 14.4. The van der Waals surface area contributed by atoms with E-state index in [0.29, 0.717) is 0 Å². The Morgan fingerprint density at radius 3 is 1.30 bits per heavy atom. The van der Waals surface area contributed by atoms with Gasteiger partial charge in [0.25, 0.3) is 0 Å². The van der Waals surface area contributed by atoms with E-state index in [1.807, 2.05) is 0 Å². The molecule has 1 aromatic carbocycles. The van der Waals surface area contributed by atoms with Crippen LogP contribution in [0.1, 0.15) is 16.7 Å². The van der Waals surface area contributed by atoms with E-state index in [1.165, 1.54) is 18.2 Å². The smallest absolute Gasteiger partial charge is 0.449 e. The predicted octanol–water partition coefficient (Wildman–Crippen LogP) is 4.04. The van der Waals surface area contributed by atoms with Crippen LogP contribution in [0.15, 0.2) is 38.0 Å². The number of carboxylic acid groups (broad SMARTS) is 3. The maximum absolute atomic E-state index is 11.2. The van der Waals surface area contributed by atoms with Crippen LogP contribution in [0.4, 0.5) is 14.4 Å². The second-order valence-electron chi connectivity index (χ2n) is 5.01. The number of hydrogen-bond acceptors (Lipinski definition) is 6. The van der Waals surface area contributed by atoms with Crippen molar-refractivity contribution in [2.45, 2.75) is 19.3 Å². The Kier molecular flexibility index (Phi) is 7.62. The Labute approximate surface area is 154 Å². The van der Waals surface area contributed by atoms with Crippen LogP contribution in [0, 0.1) is 0 Å². The summed E-state index contributed by atoms with van der Waals surface area (Å²) in [4.78, 5) is 33.5. The summed E-state index contributed by atoms with van der Waals surface area (Å²) in [6.45, 7) is 10.7. The van der Waals surface area contributed by atoms with Crippen molar-refractivity contribution >= 4 is 18.5 Å². The average Bonchev–Trinajstić information content (AvgIpc) is 2.56. The Balaban J connectivity index is 4.05. The Bertz CT molecular complexity index is 793. The SMILES string of the molecule is C=CCc1c(CC=C)c(OC(=O)O)c(OC(=O)O)c(CC=C)c1OC(=O)O. The first-order chi connectivity index (χ1) is 12.8. The number of allylic oxidation sites excluding steroid dienone is 3. The van der Waals surface area contributed by atoms with Crippen molar-refractivity contribution in [2.24, 2.45) is 0 Å². The molecular formula is C18H18O9. The van der Waals surface area contributed by atoms with Gasteiger partial charge in [0.1, 0.15) is 5.75 Å². The van der Waals surface area contributed by atoms with Crippen LogP contribution in [0.3, 0.4) is 0 Å². The van der Waals surface area contributed by atoms with Gasteiger partial charge in [0.2, 0.25) is 0 Å². The summed E-state index contributed by atoms with van der Waals surface area (Å²) in [6.07, 6.45) is -0.910. The number of rotatable bonds is 9. The molecule has 0 aliphatic rings. The van der Waals surface area contributed by atoms with Gasteiger partial charge in [-0.1, -0.05) is 18.2 Å². The molecule has 0 aliphatic carbocycles. The van der Waals surface area contributed by atoms with Crippen molar-refractivity contribution < 1.29 is 43.9 Å². The third-order valence-electron chi connectivity index (χ3n) is 3.28. The van der Waals surface area contributed by atoms with E-state index in [1.54, 1.807) is 0 Å². The fourth-order valence-electron chi connectivity index (χ4n) is 2.48. The van der Waals surface area contributed by atoms with Crippen LogP contribution in [0.2, 0.25) is 0 Å². The van der Waals surface area contributed by atoms with Crippen LogP contribution in [0.25, 0.3) is 0 Å². The quantitative estimate of drug-likeness (QED) is 0.330. The third-order valence-corrected chi connectivity index (χ3v) is 3.28. The van der Waals surface area contributed by atoms with Crippen molar-refractivity contribution in [3.8, 4) is 17.2 Å². The highest BCUT2D eigenvalue weighted by Gasteiger charge is 2.29. The number of carbonyl (C=O) groups is 3. The fraction of sp³-hybridized carbons (Fsp3) is 0.167. The lowest BCUT2D eigenvalue weighted by atomic mass is 9.93. The average molecular weight is 378 g/mol. The second kappa shape index (κ2) is 9.66. The van der Waals surface area contributed by atoms with Gasteiger partial charge in [-0.2, -0.15) is 0 Å². The predicted molar refractivity (Wildman–Crippen MR) is 94.1 cm³/mol. The van der Waals surface area contributed by atoms with Gasteiger partial charge in [0.15, 0.2) is 11.5 Å². The molecule has 0 amide bonds. The normalized spacial score (nSPS) is 9.78. The van der Waals surface area contributed by atoms with Crippen LogP contribution in [-0.4, -0.2) is 33.8 Å². The zero-order valence-corrected chi connectivity index (χ0v) is 14.3. The number of ether oxygens (including phenoxy) is 3. The zero-order chi connectivity index (χ0) is 20.6. The fourth-order valence-corrected chi connectivity index (χ4v) is 2.48. The van der Waals surface area contributed by atoms with E-state index < -0.39 is 30.0 Å². The van der Waals surface area contributed by atoms with Crippen LogP contribution in [0.5, 0.6) is 17.2 Å². The van der Waals surface area contributed by atoms with E-state index in [0.717, 1.165) is 0 Å². The molecular weight excluding hydrogens is 360 g/mol. The van der Waals surface area contributed by atoms with Gasteiger partial charge in [-0.25, -0.2) is 14.4 Å². The molecule has 0 bridgehead atoms. The van der Waals surface area contributed by atoms with Crippen molar-refractivity contribution in [2.75, 3.05) is 0 Å². The lowest BCUT2D eigenvalue weighted by Gasteiger charge is -2.22. The van der Waals surface area contributed by atoms with Crippen LogP contribution >= 0.6 is 0 Å². The maximum Gasteiger partial charge on any atom is 0.511 e.